The standard InChI is InChI=1S/C12H17ClN4O/c1-2-9-10(13)15-7-16-12(9)17-5-3-8(4-6-17)11(14)18/h7-8H,2-6H2,1H3,(H2,14,18). The van der Waals surface area contributed by atoms with Crippen LogP contribution in [-0.2, 0) is 11.2 Å². The van der Waals surface area contributed by atoms with Gasteiger partial charge in [-0.3, -0.25) is 4.79 Å². The fraction of sp³-hybridized carbons (Fsp3) is 0.583. The number of anilines is 1. The number of piperidine rings is 1. The van der Waals surface area contributed by atoms with Crippen LogP contribution in [0.5, 0.6) is 0 Å². The van der Waals surface area contributed by atoms with Gasteiger partial charge in [-0.2, -0.15) is 0 Å². The van der Waals surface area contributed by atoms with Gasteiger partial charge >= 0.3 is 0 Å². The SMILES string of the molecule is CCc1c(Cl)ncnc1N1CCC(C(N)=O)CC1. The summed E-state index contributed by atoms with van der Waals surface area (Å²) < 4.78 is 0. The van der Waals surface area contributed by atoms with Gasteiger partial charge in [0.05, 0.1) is 0 Å². The van der Waals surface area contributed by atoms with Crippen LogP contribution in [0.4, 0.5) is 5.82 Å². The Morgan fingerprint density at radius 2 is 2.17 bits per heavy atom. The number of hydrogen-bond donors (Lipinski definition) is 1. The maximum atomic E-state index is 11.1. The molecule has 0 radical (unpaired) electrons. The summed E-state index contributed by atoms with van der Waals surface area (Å²) in [4.78, 5) is 21.6. The monoisotopic (exact) mass is 268 g/mol. The Bertz CT molecular complexity index is 444. The van der Waals surface area contributed by atoms with Crippen molar-refractivity contribution in [2.75, 3.05) is 18.0 Å². The Labute approximate surface area is 111 Å². The van der Waals surface area contributed by atoms with Crippen molar-refractivity contribution in [3.63, 3.8) is 0 Å². The molecule has 5 nitrogen and oxygen atoms in total. The van der Waals surface area contributed by atoms with Gasteiger partial charge < -0.3 is 10.6 Å². The van der Waals surface area contributed by atoms with E-state index in [1.807, 2.05) is 6.92 Å². The summed E-state index contributed by atoms with van der Waals surface area (Å²) in [7, 11) is 0. The number of nitrogens with two attached hydrogens (primary N) is 1. The minimum absolute atomic E-state index is 0.0105. The molecule has 18 heavy (non-hydrogen) atoms. The van der Waals surface area contributed by atoms with E-state index < -0.39 is 0 Å². The second kappa shape index (κ2) is 5.52. The Kier molecular flexibility index (Phi) is 4.01. The van der Waals surface area contributed by atoms with Crippen molar-refractivity contribution in [3.05, 3.63) is 17.0 Å². The van der Waals surface area contributed by atoms with Crippen molar-refractivity contribution in [1.29, 1.82) is 0 Å². The molecule has 2 N–H and O–H groups in total. The predicted octanol–water partition coefficient (Wildman–Crippen LogP) is 1.39. The molecule has 6 heteroatoms. The number of aromatic nitrogens is 2. The molecule has 0 aromatic carbocycles. The molecule has 1 aliphatic heterocycles. The highest BCUT2D eigenvalue weighted by molar-refractivity contribution is 6.30. The van der Waals surface area contributed by atoms with Gasteiger partial charge in [-0.05, 0) is 19.3 Å². The van der Waals surface area contributed by atoms with Crippen LogP contribution in [0, 0.1) is 5.92 Å². The van der Waals surface area contributed by atoms with Crippen molar-refractivity contribution < 1.29 is 4.79 Å². The van der Waals surface area contributed by atoms with Crippen LogP contribution in [0.3, 0.4) is 0 Å². The highest BCUT2D eigenvalue weighted by atomic mass is 35.5. The molecule has 0 atom stereocenters. The summed E-state index contributed by atoms with van der Waals surface area (Å²) in [5, 5.41) is 0.513. The molecular weight excluding hydrogens is 252 g/mol. The summed E-state index contributed by atoms with van der Waals surface area (Å²) in [6.45, 7) is 3.60. The smallest absolute Gasteiger partial charge is 0.220 e. The highest BCUT2D eigenvalue weighted by Crippen LogP contribution is 2.27. The maximum Gasteiger partial charge on any atom is 0.220 e. The molecule has 0 spiro atoms. The average molecular weight is 269 g/mol. The van der Waals surface area contributed by atoms with Crippen molar-refractivity contribution in [1.82, 2.24) is 9.97 Å². The van der Waals surface area contributed by atoms with Crippen molar-refractivity contribution in [2.45, 2.75) is 26.2 Å². The Morgan fingerprint density at radius 3 is 2.72 bits per heavy atom. The minimum atomic E-state index is -0.203. The highest BCUT2D eigenvalue weighted by Gasteiger charge is 2.25. The normalized spacial score (nSPS) is 16.9. The second-order valence-corrected chi connectivity index (χ2v) is 4.84. The molecule has 1 fully saturated rings. The zero-order chi connectivity index (χ0) is 13.1. The van der Waals surface area contributed by atoms with Crippen LogP contribution in [0.1, 0.15) is 25.3 Å². The van der Waals surface area contributed by atoms with Gasteiger partial charge in [0.2, 0.25) is 5.91 Å². The molecular formula is C12H17ClN4O. The number of carbonyl (C=O) groups is 1. The molecule has 1 aliphatic rings. The molecule has 0 bridgehead atoms. The fourth-order valence-corrected chi connectivity index (χ4v) is 2.60. The lowest BCUT2D eigenvalue weighted by Crippen LogP contribution is -2.39. The quantitative estimate of drug-likeness (QED) is 0.841. The van der Waals surface area contributed by atoms with Gasteiger partial charge in [0.15, 0.2) is 0 Å². The summed E-state index contributed by atoms with van der Waals surface area (Å²) in [5.74, 6) is 0.676. The van der Waals surface area contributed by atoms with Gasteiger partial charge in [-0.1, -0.05) is 18.5 Å². The largest absolute Gasteiger partial charge is 0.369 e. The number of halogens is 1. The lowest BCUT2D eigenvalue weighted by Gasteiger charge is -2.32. The third kappa shape index (κ3) is 2.56. The van der Waals surface area contributed by atoms with E-state index in [1.165, 1.54) is 6.33 Å². The van der Waals surface area contributed by atoms with Gasteiger partial charge in [-0.15, -0.1) is 0 Å². The van der Waals surface area contributed by atoms with Crippen LogP contribution in [-0.4, -0.2) is 29.0 Å². The number of amides is 1. The zero-order valence-electron chi connectivity index (χ0n) is 10.4. The van der Waals surface area contributed by atoms with Gasteiger partial charge in [0, 0.05) is 24.6 Å². The first-order valence-corrected chi connectivity index (χ1v) is 6.55. The predicted molar refractivity (Wildman–Crippen MR) is 70.6 cm³/mol. The van der Waals surface area contributed by atoms with E-state index in [0.717, 1.165) is 43.7 Å². The van der Waals surface area contributed by atoms with E-state index in [0.29, 0.717) is 5.15 Å². The van der Waals surface area contributed by atoms with Gasteiger partial charge in [-0.25, -0.2) is 9.97 Å². The number of hydrogen-bond acceptors (Lipinski definition) is 4. The van der Waals surface area contributed by atoms with E-state index in [4.69, 9.17) is 17.3 Å². The lowest BCUT2D eigenvalue weighted by atomic mass is 9.96. The topological polar surface area (TPSA) is 72.1 Å². The van der Waals surface area contributed by atoms with E-state index in [9.17, 15) is 4.79 Å². The van der Waals surface area contributed by atoms with Gasteiger partial charge in [0.25, 0.3) is 0 Å². The lowest BCUT2D eigenvalue weighted by molar-refractivity contribution is -0.122. The van der Waals surface area contributed by atoms with Crippen molar-refractivity contribution in [3.8, 4) is 0 Å². The minimum Gasteiger partial charge on any atom is -0.369 e. The van der Waals surface area contributed by atoms with Crippen molar-refractivity contribution in [2.24, 2.45) is 11.7 Å². The molecule has 0 unspecified atom stereocenters. The molecule has 2 heterocycles. The van der Waals surface area contributed by atoms with E-state index in [-0.39, 0.29) is 11.8 Å². The Morgan fingerprint density at radius 1 is 1.50 bits per heavy atom. The first-order chi connectivity index (χ1) is 8.63. The Hall–Kier alpha value is -1.36. The van der Waals surface area contributed by atoms with Crippen LogP contribution >= 0.6 is 11.6 Å². The third-order valence-corrected chi connectivity index (χ3v) is 3.75. The maximum absolute atomic E-state index is 11.1. The summed E-state index contributed by atoms with van der Waals surface area (Å²) >= 11 is 6.08. The number of nitrogens with zero attached hydrogens (tertiary/aromatic N) is 3. The fourth-order valence-electron chi connectivity index (χ4n) is 2.33. The molecule has 1 saturated heterocycles. The summed E-state index contributed by atoms with van der Waals surface area (Å²) in [6.07, 6.45) is 3.84. The summed E-state index contributed by atoms with van der Waals surface area (Å²) in [5.41, 5.74) is 6.30. The molecule has 0 saturated carbocycles. The van der Waals surface area contributed by atoms with Crippen LogP contribution in [0.2, 0.25) is 5.15 Å². The second-order valence-electron chi connectivity index (χ2n) is 4.48. The number of rotatable bonds is 3. The number of carbonyl (C=O) groups excluding carboxylic acids is 1. The van der Waals surface area contributed by atoms with Crippen molar-refractivity contribution >= 4 is 23.3 Å². The molecule has 1 aromatic rings. The van der Waals surface area contributed by atoms with Crippen LogP contribution < -0.4 is 10.6 Å². The molecule has 0 aliphatic carbocycles. The average Bonchev–Trinajstić information content (AvgIpc) is 2.38. The van der Waals surface area contributed by atoms with E-state index in [2.05, 4.69) is 14.9 Å². The zero-order valence-corrected chi connectivity index (χ0v) is 11.2. The van der Waals surface area contributed by atoms with Gasteiger partial charge in [0.1, 0.15) is 17.3 Å². The molecule has 1 amide bonds. The van der Waals surface area contributed by atoms with Crippen LogP contribution in [0.25, 0.3) is 0 Å². The van der Waals surface area contributed by atoms with E-state index in [1.54, 1.807) is 0 Å². The first-order valence-electron chi connectivity index (χ1n) is 6.17. The Balaban J connectivity index is 2.14. The molecule has 1 aromatic heterocycles. The van der Waals surface area contributed by atoms with E-state index >= 15 is 0 Å². The number of primary amides is 1. The molecule has 98 valence electrons. The molecule has 2 rings (SSSR count). The first kappa shape index (κ1) is 13.1. The summed E-state index contributed by atoms with van der Waals surface area (Å²) in [6, 6.07) is 0. The van der Waals surface area contributed by atoms with Crippen LogP contribution in [0.15, 0.2) is 6.33 Å². The third-order valence-electron chi connectivity index (χ3n) is 3.42.